The summed E-state index contributed by atoms with van der Waals surface area (Å²) in [7, 11) is 0. The molecule has 1 aliphatic heterocycles. The first-order valence-corrected chi connectivity index (χ1v) is 10.7. The van der Waals surface area contributed by atoms with E-state index in [4.69, 9.17) is 9.84 Å². The molecule has 5 rings (SSSR count). The number of fused-ring (bicyclic) bond motifs is 1. The minimum atomic E-state index is -0.0463. The van der Waals surface area contributed by atoms with Gasteiger partial charge in [0.15, 0.2) is 5.65 Å². The Morgan fingerprint density at radius 2 is 1.88 bits per heavy atom. The number of amides is 1. The standard InChI is InChI=1S/C25H23N5O2/c1-2-23(31)29-14-6-7-19(16-29)30-25-22(15-26-17-27-25)24(28-30)18-10-12-21(13-11-18)32-20-8-4-3-5-9-20/h2-5,8-13,15,17,19H,1,6-7,14,16H2. The third kappa shape index (κ3) is 3.85. The first-order valence-electron chi connectivity index (χ1n) is 10.7. The molecule has 0 N–H and O–H groups in total. The van der Waals surface area contributed by atoms with Gasteiger partial charge in [-0.05, 0) is 55.3 Å². The van der Waals surface area contributed by atoms with Crippen LogP contribution in [0.1, 0.15) is 18.9 Å². The minimum absolute atomic E-state index is 0.0463. The zero-order valence-corrected chi connectivity index (χ0v) is 17.6. The molecule has 160 valence electrons. The van der Waals surface area contributed by atoms with E-state index in [0.29, 0.717) is 6.54 Å². The number of piperidine rings is 1. The fraction of sp³-hybridized carbons (Fsp3) is 0.200. The van der Waals surface area contributed by atoms with Crippen molar-refractivity contribution < 1.29 is 9.53 Å². The van der Waals surface area contributed by atoms with Crippen LogP contribution < -0.4 is 4.74 Å². The van der Waals surface area contributed by atoms with Crippen molar-refractivity contribution in [3.05, 3.63) is 79.8 Å². The average molecular weight is 425 g/mol. The molecule has 1 fully saturated rings. The molecule has 0 bridgehead atoms. The van der Waals surface area contributed by atoms with E-state index in [-0.39, 0.29) is 11.9 Å². The average Bonchev–Trinajstić information content (AvgIpc) is 3.24. The molecular weight excluding hydrogens is 402 g/mol. The van der Waals surface area contributed by atoms with E-state index in [1.54, 1.807) is 6.20 Å². The van der Waals surface area contributed by atoms with Crippen molar-refractivity contribution in [2.45, 2.75) is 18.9 Å². The molecular formula is C25H23N5O2. The van der Waals surface area contributed by atoms with E-state index in [0.717, 1.165) is 53.2 Å². The molecule has 0 saturated carbocycles. The molecule has 0 radical (unpaired) electrons. The van der Waals surface area contributed by atoms with Crippen molar-refractivity contribution in [1.82, 2.24) is 24.6 Å². The van der Waals surface area contributed by atoms with E-state index in [1.165, 1.54) is 12.4 Å². The summed E-state index contributed by atoms with van der Waals surface area (Å²) in [6.07, 6.45) is 6.56. The highest BCUT2D eigenvalue weighted by molar-refractivity contribution is 5.90. The van der Waals surface area contributed by atoms with Crippen LogP contribution in [0.15, 0.2) is 79.8 Å². The van der Waals surface area contributed by atoms with Crippen molar-refractivity contribution in [3.8, 4) is 22.8 Å². The number of likely N-dealkylation sites (tertiary alicyclic amines) is 1. The second-order valence-electron chi connectivity index (χ2n) is 7.78. The van der Waals surface area contributed by atoms with Gasteiger partial charge < -0.3 is 9.64 Å². The van der Waals surface area contributed by atoms with Crippen LogP contribution in [0.4, 0.5) is 0 Å². The molecule has 0 aliphatic carbocycles. The number of carbonyl (C=O) groups is 1. The van der Waals surface area contributed by atoms with Gasteiger partial charge in [0.25, 0.3) is 0 Å². The first-order chi connectivity index (χ1) is 15.7. The molecule has 2 aromatic carbocycles. The molecule has 1 atom stereocenters. The number of rotatable bonds is 5. The summed E-state index contributed by atoms with van der Waals surface area (Å²) < 4.78 is 7.85. The molecule has 7 heteroatoms. The molecule has 1 saturated heterocycles. The van der Waals surface area contributed by atoms with Crippen LogP contribution in [0, 0.1) is 0 Å². The third-order valence-electron chi connectivity index (χ3n) is 5.71. The summed E-state index contributed by atoms with van der Waals surface area (Å²) in [5, 5.41) is 5.81. The van der Waals surface area contributed by atoms with E-state index < -0.39 is 0 Å². The van der Waals surface area contributed by atoms with Gasteiger partial charge in [-0.2, -0.15) is 5.10 Å². The normalized spacial score (nSPS) is 16.1. The number of hydrogen-bond acceptors (Lipinski definition) is 5. The Morgan fingerprint density at radius 1 is 1.09 bits per heavy atom. The number of aromatic nitrogens is 4. The number of ether oxygens (including phenoxy) is 1. The molecule has 7 nitrogen and oxygen atoms in total. The Hall–Kier alpha value is -4.00. The predicted octanol–water partition coefficient (Wildman–Crippen LogP) is 4.64. The number of hydrogen-bond donors (Lipinski definition) is 0. The number of nitrogens with zero attached hydrogens (tertiary/aromatic N) is 5. The van der Waals surface area contributed by atoms with E-state index in [1.807, 2.05) is 64.2 Å². The van der Waals surface area contributed by atoms with Crippen molar-refractivity contribution >= 4 is 16.9 Å². The van der Waals surface area contributed by atoms with Gasteiger partial charge in [-0.3, -0.25) is 4.79 Å². The van der Waals surface area contributed by atoms with Crippen molar-refractivity contribution in [1.29, 1.82) is 0 Å². The van der Waals surface area contributed by atoms with E-state index in [9.17, 15) is 4.79 Å². The van der Waals surface area contributed by atoms with Crippen LogP contribution in [0.2, 0.25) is 0 Å². The van der Waals surface area contributed by atoms with Gasteiger partial charge in [-0.15, -0.1) is 0 Å². The monoisotopic (exact) mass is 425 g/mol. The largest absolute Gasteiger partial charge is 0.457 e. The Labute approximate surface area is 186 Å². The van der Waals surface area contributed by atoms with Gasteiger partial charge in [-0.25, -0.2) is 14.6 Å². The number of para-hydroxylation sites is 1. The zero-order chi connectivity index (χ0) is 21.9. The van der Waals surface area contributed by atoms with Crippen LogP contribution in [0.3, 0.4) is 0 Å². The van der Waals surface area contributed by atoms with Gasteiger partial charge in [0.05, 0.1) is 11.4 Å². The predicted molar refractivity (Wildman–Crippen MR) is 122 cm³/mol. The Bertz CT molecular complexity index is 1250. The maximum atomic E-state index is 12.1. The highest BCUT2D eigenvalue weighted by Gasteiger charge is 2.27. The maximum absolute atomic E-state index is 12.1. The van der Waals surface area contributed by atoms with Crippen LogP contribution in [0.5, 0.6) is 11.5 Å². The quantitative estimate of drug-likeness (QED) is 0.436. The first kappa shape index (κ1) is 19.9. The SMILES string of the molecule is C=CC(=O)N1CCCC(n2nc(-c3ccc(Oc4ccccc4)cc3)c3cncnc32)C1. The van der Waals surface area contributed by atoms with Gasteiger partial charge in [0.1, 0.15) is 23.5 Å². The zero-order valence-electron chi connectivity index (χ0n) is 17.6. The lowest BCUT2D eigenvalue weighted by Gasteiger charge is -2.32. The summed E-state index contributed by atoms with van der Waals surface area (Å²) in [6.45, 7) is 4.95. The molecule has 1 unspecified atom stereocenters. The summed E-state index contributed by atoms with van der Waals surface area (Å²) in [6, 6.07) is 17.6. The van der Waals surface area contributed by atoms with Crippen LogP contribution in [0.25, 0.3) is 22.3 Å². The lowest BCUT2D eigenvalue weighted by molar-refractivity contribution is -0.127. The second kappa shape index (κ2) is 8.63. The highest BCUT2D eigenvalue weighted by atomic mass is 16.5. The smallest absolute Gasteiger partial charge is 0.246 e. The third-order valence-corrected chi connectivity index (χ3v) is 5.71. The fourth-order valence-corrected chi connectivity index (χ4v) is 4.14. The lowest BCUT2D eigenvalue weighted by atomic mass is 10.1. The van der Waals surface area contributed by atoms with Crippen LogP contribution in [-0.2, 0) is 4.79 Å². The van der Waals surface area contributed by atoms with Gasteiger partial charge in [0.2, 0.25) is 5.91 Å². The van der Waals surface area contributed by atoms with Crippen LogP contribution >= 0.6 is 0 Å². The Morgan fingerprint density at radius 3 is 2.66 bits per heavy atom. The summed E-state index contributed by atoms with van der Waals surface area (Å²) >= 11 is 0. The molecule has 2 aromatic heterocycles. The van der Waals surface area contributed by atoms with Crippen molar-refractivity contribution in [3.63, 3.8) is 0 Å². The Balaban J connectivity index is 1.46. The maximum Gasteiger partial charge on any atom is 0.246 e. The Kier molecular flexibility index (Phi) is 5.37. The molecule has 3 heterocycles. The van der Waals surface area contributed by atoms with Gasteiger partial charge in [-0.1, -0.05) is 24.8 Å². The summed E-state index contributed by atoms with van der Waals surface area (Å²) in [5.74, 6) is 1.50. The van der Waals surface area contributed by atoms with E-state index in [2.05, 4.69) is 16.5 Å². The fourth-order valence-electron chi connectivity index (χ4n) is 4.14. The summed E-state index contributed by atoms with van der Waals surface area (Å²) in [4.78, 5) is 22.7. The van der Waals surface area contributed by atoms with Crippen molar-refractivity contribution in [2.24, 2.45) is 0 Å². The second-order valence-corrected chi connectivity index (χ2v) is 7.78. The molecule has 4 aromatic rings. The van der Waals surface area contributed by atoms with Crippen LogP contribution in [-0.4, -0.2) is 43.6 Å². The lowest BCUT2D eigenvalue weighted by Crippen LogP contribution is -2.40. The molecule has 32 heavy (non-hydrogen) atoms. The topological polar surface area (TPSA) is 73.1 Å². The van der Waals surface area contributed by atoms with Crippen molar-refractivity contribution in [2.75, 3.05) is 13.1 Å². The molecule has 1 aliphatic rings. The van der Waals surface area contributed by atoms with Gasteiger partial charge in [0, 0.05) is 24.8 Å². The molecule has 0 spiro atoms. The van der Waals surface area contributed by atoms with E-state index >= 15 is 0 Å². The number of benzene rings is 2. The highest BCUT2D eigenvalue weighted by Crippen LogP contribution is 2.32. The number of carbonyl (C=O) groups excluding carboxylic acids is 1. The minimum Gasteiger partial charge on any atom is -0.457 e. The summed E-state index contributed by atoms with van der Waals surface area (Å²) in [5.41, 5.74) is 2.55. The van der Waals surface area contributed by atoms with Gasteiger partial charge >= 0.3 is 0 Å². The molecule has 1 amide bonds.